The summed E-state index contributed by atoms with van der Waals surface area (Å²) in [5.74, 6) is -0.651. The largest absolute Gasteiger partial charge is 0.508 e. The van der Waals surface area contributed by atoms with Crippen LogP contribution in [0.25, 0.3) is 10.8 Å². The van der Waals surface area contributed by atoms with Gasteiger partial charge in [-0.1, -0.05) is 23.2 Å². The quantitative estimate of drug-likeness (QED) is 0.402. The maximum absolute atomic E-state index is 11.7. The molecule has 3 N–H and O–H groups in total. The molecule has 0 aromatic heterocycles. The lowest BCUT2D eigenvalue weighted by molar-refractivity contribution is 0.470. The highest BCUT2D eigenvalue weighted by Crippen LogP contribution is 2.42. The van der Waals surface area contributed by atoms with E-state index in [0.29, 0.717) is 5.02 Å². The van der Waals surface area contributed by atoms with Gasteiger partial charge in [0.1, 0.15) is 16.3 Å². The van der Waals surface area contributed by atoms with Crippen molar-refractivity contribution in [3.63, 3.8) is 0 Å². The van der Waals surface area contributed by atoms with Crippen LogP contribution in [0.4, 0.5) is 11.4 Å². The Hall–Kier alpha value is -2.39. The number of hydrogen-bond acceptors (Lipinski definition) is 6. The summed E-state index contributed by atoms with van der Waals surface area (Å²) >= 11 is 11.7. The molecule has 0 aliphatic rings. The normalized spacial score (nSPS) is 12.1. The molecule has 26 heavy (non-hydrogen) atoms. The number of phenols is 2. The van der Waals surface area contributed by atoms with Crippen molar-refractivity contribution in [2.75, 3.05) is 0 Å². The van der Waals surface area contributed by atoms with Crippen LogP contribution in [0.1, 0.15) is 0 Å². The Labute approximate surface area is 157 Å². The van der Waals surface area contributed by atoms with E-state index in [1.54, 1.807) is 0 Å². The van der Waals surface area contributed by atoms with E-state index < -0.39 is 26.5 Å². The van der Waals surface area contributed by atoms with Crippen molar-refractivity contribution in [3.8, 4) is 11.5 Å². The summed E-state index contributed by atoms with van der Waals surface area (Å²) < 4.78 is 32.8. The number of halogens is 2. The number of benzene rings is 3. The van der Waals surface area contributed by atoms with E-state index in [9.17, 15) is 23.2 Å². The van der Waals surface area contributed by atoms with E-state index in [1.807, 2.05) is 0 Å². The van der Waals surface area contributed by atoms with E-state index >= 15 is 0 Å². The van der Waals surface area contributed by atoms with Gasteiger partial charge in [0, 0.05) is 5.39 Å². The zero-order chi connectivity index (χ0) is 19.1. The van der Waals surface area contributed by atoms with Crippen LogP contribution < -0.4 is 0 Å². The molecule has 3 aromatic carbocycles. The first-order chi connectivity index (χ1) is 12.2. The van der Waals surface area contributed by atoms with Gasteiger partial charge in [-0.15, -0.1) is 5.11 Å². The maximum atomic E-state index is 11.7. The second-order valence-corrected chi connectivity index (χ2v) is 7.46. The highest BCUT2D eigenvalue weighted by molar-refractivity contribution is 7.86. The summed E-state index contributed by atoms with van der Waals surface area (Å²) in [7, 11) is -4.72. The zero-order valence-electron chi connectivity index (χ0n) is 12.8. The van der Waals surface area contributed by atoms with E-state index in [1.165, 1.54) is 36.4 Å². The van der Waals surface area contributed by atoms with E-state index in [4.69, 9.17) is 23.2 Å². The maximum Gasteiger partial charge on any atom is 0.296 e. The average Bonchev–Trinajstić information content (AvgIpc) is 2.55. The molecule has 0 atom stereocenters. The molecule has 0 unspecified atom stereocenters. The monoisotopic (exact) mass is 412 g/mol. The van der Waals surface area contributed by atoms with Gasteiger partial charge in [-0.05, 0) is 47.9 Å². The Morgan fingerprint density at radius 3 is 2.27 bits per heavy atom. The smallest absolute Gasteiger partial charge is 0.296 e. The van der Waals surface area contributed by atoms with Crippen molar-refractivity contribution in [1.82, 2.24) is 0 Å². The number of aromatic hydroxyl groups is 2. The molecular weight excluding hydrogens is 403 g/mol. The van der Waals surface area contributed by atoms with Crippen molar-refractivity contribution in [1.29, 1.82) is 0 Å². The average molecular weight is 413 g/mol. The predicted molar refractivity (Wildman–Crippen MR) is 97.7 cm³/mol. The first-order valence-corrected chi connectivity index (χ1v) is 9.19. The lowest BCUT2D eigenvalue weighted by atomic mass is 10.1. The molecule has 0 radical (unpaired) electrons. The minimum atomic E-state index is -4.72. The summed E-state index contributed by atoms with van der Waals surface area (Å²) in [5.41, 5.74) is -0.192. The first-order valence-electron chi connectivity index (χ1n) is 7.00. The lowest BCUT2D eigenvalue weighted by Gasteiger charge is -2.09. The third-order valence-corrected chi connectivity index (χ3v) is 5.09. The van der Waals surface area contributed by atoms with E-state index in [0.717, 1.165) is 6.07 Å². The highest BCUT2D eigenvalue weighted by atomic mass is 35.5. The Bertz CT molecular complexity index is 1160. The van der Waals surface area contributed by atoms with Gasteiger partial charge in [0.2, 0.25) is 0 Å². The molecule has 3 rings (SSSR count). The Kier molecular flexibility index (Phi) is 4.76. The molecule has 3 aromatic rings. The number of azo groups is 1. The molecule has 0 aliphatic carbocycles. The summed E-state index contributed by atoms with van der Waals surface area (Å²) in [6.07, 6.45) is 0. The molecule has 0 aliphatic heterocycles. The number of phenolic OH excluding ortho intramolecular Hbond substituents is 2. The second kappa shape index (κ2) is 6.73. The summed E-state index contributed by atoms with van der Waals surface area (Å²) in [5, 5.41) is 28.5. The van der Waals surface area contributed by atoms with Gasteiger partial charge in [-0.25, -0.2) is 0 Å². The standard InChI is InChI=1S/C16H10Cl2N2O5S/c17-12-4-1-9(7-13(12)18)19-20-15-14(26(23,24)25)6-8-5-10(21)2-3-11(8)16(15)22/h1-7,21-22H,(H,23,24,25). The van der Waals surface area contributed by atoms with Crippen LogP contribution >= 0.6 is 23.2 Å². The van der Waals surface area contributed by atoms with E-state index in [2.05, 4.69) is 10.2 Å². The third kappa shape index (κ3) is 3.58. The molecule has 0 fully saturated rings. The molecule has 7 nitrogen and oxygen atoms in total. The third-order valence-electron chi connectivity index (χ3n) is 3.48. The topological polar surface area (TPSA) is 120 Å². The summed E-state index contributed by atoms with van der Waals surface area (Å²) in [6, 6.07) is 9.38. The van der Waals surface area contributed by atoms with Crippen molar-refractivity contribution in [2.45, 2.75) is 4.90 Å². The fourth-order valence-electron chi connectivity index (χ4n) is 2.29. The van der Waals surface area contributed by atoms with Crippen molar-refractivity contribution >= 4 is 55.5 Å². The van der Waals surface area contributed by atoms with E-state index in [-0.39, 0.29) is 27.2 Å². The number of nitrogens with zero attached hydrogens (tertiary/aromatic N) is 2. The van der Waals surface area contributed by atoms with Crippen molar-refractivity contribution in [2.24, 2.45) is 10.2 Å². The molecule has 0 heterocycles. The number of hydrogen-bond donors (Lipinski definition) is 3. The number of fused-ring (bicyclic) bond motifs is 1. The van der Waals surface area contributed by atoms with Crippen LogP contribution in [0.2, 0.25) is 10.0 Å². The van der Waals surface area contributed by atoms with Gasteiger partial charge >= 0.3 is 0 Å². The molecule has 134 valence electrons. The SMILES string of the molecule is O=S(=O)(O)c1cc2cc(O)ccc2c(O)c1N=Nc1ccc(Cl)c(Cl)c1. The first kappa shape index (κ1) is 18.4. The molecule has 10 heteroatoms. The van der Waals surface area contributed by atoms with Crippen LogP contribution in [0.3, 0.4) is 0 Å². The fraction of sp³-hybridized carbons (Fsp3) is 0. The van der Waals surface area contributed by atoms with Crippen LogP contribution in [0, 0.1) is 0 Å². The lowest BCUT2D eigenvalue weighted by Crippen LogP contribution is -1.99. The van der Waals surface area contributed by atoms with Crippen molar-refractivity contribution < 1.29 is 23.2 Å². The summed E-state index contributed by atoms with van der Waals surface area (Å²) in [6.45, 7) is 0. The summed E-state index contributed by atoms with van der Waals surface area (Å²) in [4.78, 5) is -0.656. The van der Waals surface area contributed by atoms with Gasteiger partial charge in [0.05, 0.1) is 15.7 Å². The van der Waals surface area contributed by atoms with Crippen molar-refractivity contribution in [3.05, 3.63) is 52.5 Å². The Morgan fingerprint density at radius 1 is 0.885 bits per heavy atom. The van der Waals surface area contributed by atoms with Gasteiger partial charge < -0.3 is 10.2 Å². The molecule has 0 bridgehead atoms. The van der Waals surface area contributed by atoms with Gasteiger partial charge in [0.25, 0.3) is 10.1 Å². The highest BCUT2D eigenvalue weighted by Gasteiger charge is 2.22. The molecule has 0 saturated heterocycles. The Morgan fingerprint density at radius 2 is 1.62 bits per heavy atom. The molecule has 0 spiro atoms. The van der Waals surface area contributed by atoms with Gasteiger partial charge in [-0.3, -0.25) is 4.55 Å². The fourth-order valence-corrected chi connectivity index (χ4v) is 3.24. The van der Waals surface area contributed by atoms with Crippen LogP contribution in [-0.4, -0.2) is 23.2 Å². The molecule has 0 saturated carbocycles. The predicted octanol–water partition coefficient (Wildman–Crippen LogP) is 5.22. The van der Waals surface area contributed by atoms with Gasteiger partial charge in [-0.2, -0.15) is 13.5 Å². The minimum Gasteiger partial charge on any atom is -0.508 e. The Balaban J connectivity index is 2.23. The second-order valence-electron chi connectivity index (χ2n) is 5.25. The molecule has 0 amide bonds. The number of rotatable bonds is 3. The van der Waals surface area contributed by atoms with Crippen LogP contribution in [0.5, 0.6) is 11.5 Å². The van der Waals surface area contributed by atoms with Crippen LogP contribution in [0.15, 0.2) is 57.6 Å². The minimum absolute atomic E-state index is 0.136. The van der Waals surface area contributed by atoms with Gasteiger partial charge in [0.15, 0.2) is 5.75 Å². The molecular formula is C16H10Cl2N2O5S. The van der Waals surface area contributed by atoms with Crippen LogP contribution in [-0.2, 0) is 10.1 Å². The zero-order valence-corrected chi connectivity index (χ0v) is 15.1.